The number of nitrogens with two attached hydrogens (primary N) is 1. The third-order valence-electron chi connectivity index (χ3n) is 2.35. The molecule has 0 radical (unpaired) electrons. The zero-order valence-corrected chi connectivity index (χ0v) is 11.0. The maximum absolute atomic E-state index is 13.2. The van der Waals surface area contributed by atoms with Gasteiger partial charge in [-0.1, -0.05) is 11.8 Å². The van der Waals surface area contributed by atoms with Crippen molar-refractivity contribution in [3.8, 4) is 11.8 Å². The quantitative estimate of drug-likeness (QED) is 0.836. The molecule has 1 aromatic carbocycles. The number of hydrogen-bond donors (Lipinski definition) is 2. The summed E-state index contributed by atoms with van der Waals surface area (Å²) in [5, 5.41) is 2.68. The predicted molar refractivity (Wildman–Crippen MR) is 74.0 cm³/mol. The van der Waals surface area contributed by atoms with E-state index in [4.69, 9.17) is 21.8 Å². The molecule has 0 spiro atoms. The number of halogens is 2. The van der Waals surface area contributed by atoms with E-state index in [2.05, 4.69) is 17.2 Å². The maximum atomic E-state index is 13.2. The van der Waals surface area contributed by atoms with Crippen LogP contribution in [0.4, 0.5) is 10.1 Å². The Morgan fingerprint density at radius 1 is 1.40 bits per heavy atom. The highest BCUT2D eigenvalue weighted by Gasteiger charge is 2.12. The highest BCUT2D eigenvalue weighted by molar-refractivity contribution is 6.29. The highest BCUT2D eigenvalue weighted by atomic mass is 35.5. The number of benzene rings is 1. The monoisotopic (exact) mass is 292 g/mol. The van der Waals surface area contributed by atoms with Gasteiger partial charge in [0.05, 0.1) is 17.8 Å². The molecular weight excluding hydrogens is 283 g/mol. The van der Waals surface area contributed by atoms with Crippen LogP contribution in [0.1, 0.15) is 16.1 Å². The summed E-state index contributed by atoms with van der Waals surface area (Å²) < 4.78 is 18.2. The second kappa shape index (κ2) is 6.24. The lowest BCUT2D eigenvalue weighted by Crippen LogP contribution is -2.12. The average molecular weight is 293 g/mol. The van der Waals surface area contributed by atoms with E-state index >= 15 is 0 Å². The smallest absolute Gasteiger partial charge is 0.291 e. The molecule has 0 fully saturated rings. The molecule has 1 amide bonds. The van der Waals surface area contributed by atoms with Crippen molar-refractivity contribution in [3.63, 3.8) is 0 Å². The molecule has 0 saturated heterocycles. The van der Waals surface area contributed by atoms with Gasteiger partial charge in [-0.15, -0.1) is 0 Å². The Kier molecular flexibility index (Phi) is 4.41. The van der Waals surface area contributed by atoms with E-state index in [1.54, 1.807) is 0 Å². The second-order valence-corrected chi connectivity index (χ2v) is 4.13. The molecule has 1 heterocycles. The summed E-state index contributed by atoms with van der Waals surface area (Å²) >= 11 is 5.60. The topological polar surface area (TPSA) is 68.3 Å². The van der Waals surface area contributed by atoms with Crippen LogP contribution in [0, 0.1) is 17.7 Å². The summed E-state index contributed by atoms with van der Waals surface area (Å²) in [6.45, 7) is 0.137. The first-order valence-corrected chi connectivity index (χ1v) is 6.03. The molecule has 0 atom stereocenters. The Balaban J connectivity index is 2.26. The normalized spacial score (nSPS) is 9.75. The molecule has 102 valence electrons. The van der Waals surface area contributed by atoms with Gasteiger partial charge in [0, 0.05) is 0 Å². The van der Waals surface area contributed by atoms with Crippen LogP contribution in [-0.4, -0.2) is 12.5 Å². The number of nitrogens with one attached hydrogen (secondary N) is 1. The van der Waals surface area contributed by atoms with E-state index in [0.717, 1.165) is 0 Å². The highest BCUT2D eigenvalue weighted by Crippen LogP contribution is 2.19. The van der Waals surface area contributed by atoms with Crippen molar-refractivity contribution in [1.82, 2.24) is 0 Å². The van der Waals surface area contributed by atoms with Crippen molar-refractivity contribution in [3.05, 3.63) is 52.7 Å². The minimum Gasteiger partial charge on any atom is -0.440 e. The molecule has 4 nitrogen and oxygen atoms in total. The number of rotatable bonds is 2. The standard InChI is InChI=1S/C14H10ClFN2O2/c15-13-6-5-12(20-13)14(19)18-11-4-3-10(16)8-9(11)2-1-7-17/h3-6,8H,7,17H2,(H,18,19). The van der Waals surface area contributed by atoms with Gasteiger partial charge in [0.15, 0.2) is 11.0 Å². The molecule has 0 aliphatic rings. The number of carbonyl (C=O) groups excluding carboxylic acids is 1. The van der Waals surface area contributed by atoms with Crippen molar-refractivity contribution >= 4 is 23.2 Å². The van der Waals surface area contributed by atoms with Crippen LogP contribution < -0.4 is 11.1 Å². The van der Waals surface area contributed by atoms with Gasteiger partial charge < -0.3 is 15.5 Å². The van der Waals surface area contributed by atoms with E-state index < -0.39 is 11.7 Å². The van der Waals surface area contributed by atoms with Crippen molar-refractivity contribution in [2.75, 3.05) is 11.9 Å². The van der Waals surface area contributed by atoms with E-state index in [1.807, 2.05) is 0 Å². The molecule has 6 heteroatoms. The van der Waals surface area contributed by atoms with Gasteiger partial charge in [0.1, 0.15) is 5.82 Å². The molecule has 20 heavy (non-hydrogen) atoms. The summed E-state index contributed by atoms with van der Waals surface area (Å²) in [5.41, 5.74) is 5.98. The van der Waals surface area contributed by atoms with Crippen LogP contribution >= 0.6 is 11.6 Å². The molecule has 2 rings (SSSR count). The van der Waals surface area contributed by atoms with Crippen LogP contribution in [0.25, 0.3) is 0 Å². The molecule has 0 aliphatic heterocycles. The molecule has 0 bridgehead atoms. The fourth-order valence-corrected chi connectivity index (χ4v) is 1.64. The third kappa shape index (κ3) is 3.38. The molecule has 0 aliphatic carbocycles. The zero-order chi connectivity index (χ0) is 14.5. The van der Waals surface area contributed by atoms with Crippen molar-refractivity contribution in [1.29, 1.82) is 0 Å². The van der Waals surface area contributed by atoms with Gasteiger partial charge in [-0.25, -0.2) is 4.39 Å². The van der Waals surface area contributed by atoms with Crippen LogP contribution in [0.3, 0.4) is 0 Å². The third-order valence-corrected chi connectivity index (χ3v) is 2.56. The Labute approximate surface area is 119 Å². The molecule has 0 saturated carbocycles. The lowest BCUT2D eigenvalue weighted by atomic mass is 10.1. The van der Waals surface area contributed by atoms with Gasteiger partial charge >= 0.3 is 0 Å². The van der Waals surface area contributed by atoms with Crippen LogP contribution in [0.15, 0.2) is 34.7 Å². The molecule has 0 unspecified atom stereocenters. The van der Waals surface area contributed by atoms with Crippen LogP contribution in [0.5, 0.6) is 0 Å². The maximum Gasteiger partial charge on any atom is 0.291 e. The first-order valence-electron chi connectivity index (χ1n) is 5.65. The molecule has 2 aromatic rings. The molecule has 1 aromatic heterocycles. The van der Waals surface area contributed by atoms with Gasteiger partial charge in [0.25, 0.3) is 5.91 Å². The fourth-order valence-electron chi connectivity index (χ4n) is 1.50. The van der Waals surface area contributed by atoms with Crippen molar-refractivity contribution in [2.24, 2.45) is 5.73 Å². The fraction of sp³-hybridized carbons (Fsp3) is 0.0714. The SMILES string of the molecule is NCC#Cc1cc(F)ccc1NC(=O)c1ccc(Cl)o1. The zero-order valence-electron chi connectivity index (χ0n) is 10.2. The minimum atomic E-state index is -0.501. The second-order valence-electron chi connectivity index (χ2n) is 3.75. The summed E-state index contributed by atoms with van der Waals surface area (Å²) in [5.74, 6) is 4.39. The number of anilines is 1. The first-order chi connectivity index (χ1) is 9.60. The summed E-state index contributed by atoms with van der Waals surface area (Å²) in [6, 6.07) is 6.74. The Hall–Kier alpha value is -2.29. The lowest BCUT2D eigenvalue weighted by molar-refractivity contribution is 0.0996. The van der Waals surface area contributed by atoms with Crippen LogP contribution in [0.2, 0.25) is 5.22 Å². The van der Waals surface area contributed by atoms with Gasteiger partial charge in [-0.3, -0.25) is 4.79 Å². The lowest BCUT2D eigenvalue weighted by Gasteiger charge is -2.06. The summed E-state index contributed by atoms with van der Waals surface area (Å²) in [6.07, 6.45) is 0. The van der Waals surface area contributed by atoms with Gasteiger partial charge in [-0.2, -0.15) is 0 Å². The largest absolute Gasteiger partial charge is 0.440 e. The van der Waals surface area contributed by atoms with Crippen molar-refractivity contribution in [2.45, 2.75) is 0 Å². The van der Waals surface area contributed by atoms with Crippen LogP contribution in [-0.2, 0) is 0 Å². The molecule has 3 N–H and O–H groups in total. The number of furan rings is 1. The number of hydrogen-bond acceptors (Lipinski definition) is 3. The van der Waals surface area contributed by atoms with Gasteiger partial charge in [-0.05, 0) is 41.9 Å². The molecular formula is C14H10ClFN2O2. The number of carbonyl (C=O) groups is 1. The van der Waals surface area contributed by atoms with E-state index in [9.17, 15) is 9.18 Å². The van der Waals surface area contributed by atoms with E-state index in [0.29, 0.717) is 11.3 Å². The average Bonchev–Trinajstić information content (AvgIpc) is 2.85. The van der Waals surface area contributed by atoms with E-state index in [1.165, 1.54) is 30.3 Å². The number of amides is 1. The summed E-state index contributed by atoms with van der Waals surface area (Å²) in [4.78, 5) is 11.9. The van der Waals surface area contributed by atoms with E-state index in [-0.39, 0.29) is 17.5 Å². The Morgan fingerprint density at radius 2 is 2.20 bits per heavy atom. The van der Waals surface area contributed by atoms with Gasteiger partial charge in [0.2, 0.25) is 0 Å². The van der Waals surface area contributed by atoms with Crippen molar-refractivity contribution < 1.29 is 13.6 Å². The first kappa shape index (κ1) is 14.1. The minimum absolute atomic E-state index is 0.0528. The Bertz CT molecular complexity index is 701. The summed E-state index contributed by atoms with van der Waals surface area (Å²) in [7, 11) is 0. The Morgan fingerprint density at radius 3 is 2.85 bits per heavy atom. The predicted octanol–water partition coefficient (Wildman–Crippen LogP) is 2.63.